The molecule has 2 unspecified atom stereocenters. The van der Waals surface area contributed by atoms with Crippen LogP contribution in [0.5, 0.6) is 5.75 Å². The van der Waals surface area contributed by atoms with Gasteiger partial charge in [0.1, 0.15) is 5.75 Å². The minimum atomic E-state index is 0.361. The summed E-state index contributed by atoms with van der Waals surface area (Å²) in [7, 11) is 1.98. The Morgan fingerprint density at radius 1 is 1.60 bits per heavy atom. The maximum atomic E-state index is 9.46. The Bertz CT molecular complexity index is 351. The molecule has 3 heteroatoms. The van der Waals surface area contributed by atoms with Crippen molar-refractivity contribution in [2.24, 2.45) is 0 Å². The number of nitrogens with one attached hydrogen (secondary N) is 2. The van der Waals surface area contributed by atoms with Crippen LogP contribution in [0, 0.1) is 0 Å². The summed E-state index contributed by atoms with van der Waals surface area (Å²) in [6.07, 6.45) is 1.10. The summed E-state index contributed by atoms with van der Waals surface area (Å²) in [6.45, 7) is 3.16. The highest BCUT2D eigenvalue weighted by molar-refractivity contribution is 5.59. The molecule has 1 aliphatic rings. The third kappa shape index (κ3) is 2.07. The summed E-state index contributed by atoms with van der Waals surface area (Å²) in [4.78, 5) is 0. The normalized spacial score (nSPS) is 20.8. The number of anilines is 1. The quantitative estimate of drug-likeness (QED) is 0.662. The fraction of sp³-hybridized carbons (Fsp3) is 0.500. The standard InChI is InChI=1S/C12H18N2O/c1-8(13-2)5-9-7-14-12-4-3-10(15)6-11(9)12/h3-4,6,8-9,13-15H,5,7H2,1-2H3. The van der Waals surface area contributed by atoms with Gasteiger partial charge in [0.05, 0.1) is 0 Å². The van der Waals surface area contributed by atoms with Crippen molar-refractivity contribution in [2.75, 3.05) is 18.9 Å². The van der Waals surface area contributed by atoms with Crippen LogP contribution in [0.3, 0.4) is 0 Å². The van der Waals surface area contributed by atoms with Crippen LogP contribution in [0.1, 0.15) is 24.8 Å². The minimum absolute atomic E-state index is 0.361. The average Bonchev–Trinajstić information content (AvgIpc) is 2.61. The lowest BCUT2D eigenvalue weighted by Crippen LogP contribution is -2.24. The van der Waals surface area contributed by atoms with Crippen molar-refractivity contribution in [1.29, 1.82) is 0 Å². The van der Waals surface area contributed by atoms with E-state index in [1.807, 2.05) is 19.2 Å². The summed E-state index contributed by atoms with van der Waals surface area (Å²) in [5.41, 5.74) is 2.42. The van der Waals surface area contributed by atoms with Crippen LogP contribution in [0.2, 0.25) is 0 Å². The predicted octanol–water partition coefficient (Wildman–Crippen LogP) is 1.90. The molecule has 1 aromatic rings. The second-order valence-electron chi connectivity index (χ2n) is 4.27. The van der Waals surface area contributed by atoms with E-state index in [4.69, 9.17) is 0 Å². The van der Waals surface area contributed by atoms with Gasteiger partial charge in [-0.25, -0.2) is 0 Å². The number of aromatic hydroxyl groups is 1. The smallest absolute Gasteiger partial charge is 0.116 e. The molecule has 3 nitrogen and oxygen atoms in total. The van der Waals surface area contributed by atoms with Crippen LogP contribution in [-0.4, -0.2) is 24.7 Å². The number of phenols is 1. The lowest BCUT2D eigenvalue weighted by atomic mass is 9.94. The Morgan fingerprint density at radius 3 is 3.13 bits per heavy atom. The summed E-state index contributed by atoms with van der Waals surface area (Å²) < 4.78 is 0. The van der Waals surface area contributed by atoms with Crippen molar-refractivity contribution < 1.29 is 5.11 Å². The van der Waals surface area contributed by atoms with Gasteiger partial charge in [-0.1, -0.05) is 0 Å². The molecular formula is C12H18N2O. The highest BCUT2D eigenvalue weighted by Crippen LogP contribution is 2.36. The first-order valence-corrected chi connectivity index (χ1v) is 5.44. The maximum absolute atomic E-state index is 9.46. The van der Waals surface area contributed by atoms with Crippen molar-refractivity contribution in [3.8, 4) is 5.75 Å². The van der Waals surface area contributed by atoms with E-state index in [2.05, 4.69) is 17.6 Å². The summed E-state index contributed by atoms with van der Waals surface area (Å²) in [6, 6.07) is 6.07. The second-order valence-corrected chi connectivity index (χ2v) is 4.27. The molecule has 0 radical (unpaired) electrons. The Kier molecular flexibility index (Phi) is 2.82. The molecule has 1 heterocycles. The van der Waals surface area contributed by atoms with Gasteiger partial charge in [-0.05, 0) is 44.2 Å². The molecule has 0 saturated heterocycles. The van der Waals surface area contributed by atoms with Crippen molar-refractivity contribution in [3.05, 3.63) is 23.8 Å². The lowest BCUT2D eigenvalue weighted by Gasteiger charge is -2.15. The topological polar surface area (TPSA) is 44.3 Å². The van der Waals surface area contributed by atoms with Gasteiger partial charge in [0, 0.05) is 24.2 Å². The van der Waals surface area contributed by atoms with Crippen LogP contribution in [0.4, 0.5) is 5.69 Å². The summed E-state index contributed by atoms with van der Waals surface area (Å²) in [5, 5.41) is 16.1. The van der Waals surface area contributed by atoms with Crippen LogP contribution in [0.25, 0.3) is 0 Å². The highest BCUT2D eigenvalue weighted by atomic mass is 16.3. The maximum Gasteiger partial charge on any atom is 0.116 e. The van der Waals surface area contributed by atoms with Gasteiger partial charge < -0.3 is 15.7 Å². The third-order valence-electron chi connectivity index (χ3n) is 3.14. The Hall–Kier alpha value is -1.22. The summed E-state index contributed by atoms with van der Waals surface area (Å²) >= 11 is 0. The van der Waals surface area contributed by atoms with E-state index in [0.29, 0.717) is 17.7 Å². The molecule has 82 valence electrons. The van der Waals surface area contributed by atoms with Crippen molar-refractivity contribution >= 4 is 5.69 Å². The number of hydrogen-bond acceptors (Lipinski definition) is 3. The fourth-order valence-corrected chi connectivity index (χ4v) is 2.15. The molecular weight excluding hydrogens is 188 g/mol. The van der Waals surface area contributed by atoms with Gasteiger partial charge in [0.2, 0.25) is 0 Å². The molecule has 0 aromatic heterocycles. The first-order chi connectivity index (χ1) is 7.20. The number of phenolic OH excluding ortho intramolecular Hbond substituents is 1. The second kappa shape index (κ2) is 4.11. The van der Waals surface area contributed by atoms with E-state index in [0.717, 1.165) is 13.0 Å². The van der Waals surface area contributed by atoms with Crippen molar-refractivity contribution in [3.63, 3.8) is 0 Å². The van der Waals surface area contributed by atoms with Gasteiger partial charge in [-0.15, -0.1) is 0 Å². The molecule has 0 saturated carbocycles. The molecule has 0 amide bonds. The number of rotatable bonds is 3. The number of hydrogen-bond donors (Lipinski definition) is 3. The molecule has 3 N–H and O–H groups in total. The Labute approximate surface area is 90.5 Å². The third-order valence-corrected chi connectivity index (χ3v) is 3.14. The van der Waals surface area contributed by atoms with E-state index < -0.39 is 0 Å². The summed E-state index contributed by atoms with van der Waals surface area (Å²) in [5.74, 6) is 0.870. The first-order valence-electron chi connectivity index (χ1n) is 5.44. The van der Waals surface area contributed by atoms with Crippen LogP contribution in [0.15, 0.2) is 18.2 Å². The van der Waals surface area contributed by atoms with Gasteiger partial charge in [0.25, 0.3) is 0 Å². The molecule has 2 rings (SSSR count). The van der Waals surface area contributed by atoms with Crippen LogP contribution < -0.4 is 10.6 Å². The Balaban J connectivity index is 2.16. The SMILES string of the molecule is CNC(C)CC1CNc2ccc(O)cc21. The minimum Gasteiger partial charge on any atom is -0.508 e. The zero-order valence-electron chi connectivity index (χ0n) is 9.25. The van der Waals surface area contributed by atoms with Gasteiger partial charge >= 0.3 is 0 Å². The first kappa shape index (κ1) is 10.3. The van der Waals surface area contributed by atoms with E-state index in [9.17, 15) is 5.11 Å². The average molecular weight is 206 g/mol. The molecule has 0 spiro atoms. The molecule has 1 aliphatic heterocycles. The van der Waals surface area contributed by atoms with Crippen molar-refractivity contribution in [1.82, 2.24) is 5.32 Å². The van der Waals surface area contributed by atoms with E-state index in [-0.39, 0.29) is 0 Å². The predicted molar refractivity (Wildman–Crippen MR) is 62.5 cm³/mol. The van der Waals surface area contributed by atoms with Gasteiger partial charge in [0.15, 0.2) is 0 Å². The number of benzene rings is 1. The van der Waals surface area contributed by atoms with E-state index in [1.54, 1.807) is 6.07 Å². The largest absolute Gasteiger partial charge is 0.508 e. The van der Waals surface area contributed by atoms with Crippen LogP contribution >= 0.6 is 0 Å². The molecule has 0 bridgehead atoms. The number of fused-ring (bicyclic) bond motifs is 1. The Morgan fingerprint density at radius 2 is 2.40 bits per heavy atom. The zero-order valence-corrected chi connectivity index (χ0v) is 9.25. The highest BCUT2D eigenvalue weighted by Gasteiger charge is 2.23. The van der Waals surface area contributed by atoms with Gasteiger partial charge in [-0.2, -0.15) is 0 Å². The van der Waals surface area contributed by atoms with E-state index >= 15 is 0 Å². The van der Waals surface area contributed by atoms with Crippen molar-refractivity contribution in [2.45, 2.75) is 25.3 Å². The van der Waals surface area contributed by atoms with Crippen LogP contribution in [-0.2, 0) is 0 Å². The molecule has 1 aromatic carbocycles. The molecule has 0 aliphatic carbocycles. The van der Waals surface area contributed by atoms with Gasteiger partial charge in [-0.3, -0.25) is 0 Å². The molecule has 0 fully saturated rings. The fourth-order valence-electron chi connectivity index (χ4n) is 2.15. The van der Waals surface area contributed by atoms with E-state index in [1.165, 1.54) is 11.3 Å². The lowest BCUT2D eigenvalue weighted by molar-refractivity contribution is 0.472. The molecule has 15 heavy (non-hydrogen) atoms. The molecule has 2 atom stereocenters. The zero-order chi connectivity index (χ0) is 10.8. The monoisotopic (exact) mass is 206 g/mol.